The van der Waals surface area contributed by atoms with Crippen molar-refractivity contribution < 1.29 is 8.28 Å². The van der Waals surface area contributed by atoms with Crippen LogP contribution >= 0.6 is 28.3 Å². The highest BCUT2D eigenvalue weighted by Crippen LogP contribution is 2.25. The lowest BCUT2D eigenvalue weighted by Gasteiger charge is -2.05. The van der Waals surface area contributed by atoms with Gasteiger partial charge in [-0.25, -0.2) is 4.39 Å². The second-order valence-corrected chi connectivity index (χ2v) is 3.39. The maximum atomic E-state index is 12.9. The van der Waals surface area contributed by atoms with Crippen molar-refractivity contribution >= 4 is 40.2 Å². The molecule has 0 aromatic heterocycles. The molecule has 0 heterocycles. The van der Waals surface area contributed by atoms with Crippen molar-refractivity contribution in [2.75, 3.05) is 4.72 Å². The molecule has 2 nitrogen and oxygen atoms in total. The second kappa shape index (κ2) is 4.57. The van der Waals surface area contributed by atoms with Gasteiger partial charge in [-0.3, -0.25) is 0 Å². The third kappa shape index (κ3) is 2.41. The van der Waals surface area contributed by atoms with Gasteiger partial charge in [-0.05, 0) is 28.1 Å². The molecule has 6 heteroatoms. The van der Waals surface area contributed by atoms with E-state index in [2.05, 4.69) is 20.7 Å². The van der Waals surface area contributed by atoms with Crippen molar-refractivity contribution in [3.05, 3.63) is 28.0 Å². The molecule has 0 saturated heterocycles. The summed E-state index contributed by atoms with van der Waals surface area (Å²) in [7, 11) is 0. The molecular formula is C7H5BrF2N2S. The molecule has 1 aromatic carbocycles. The van der Waals surface area contributed by atoms with E-state index in [4.69, 9.17) is 5.41 Å². The fourth-order valence-corrected chi connectivity index (χ4v) is 1.43. The smallest absolute Gasteiger partial charge is 0.162 e. The lowest BCUT2D eigenvalue weighted by molar-refractivity contribution is 0.622. The highest BCUT2D eigenvalue weighted by atomic mass is 79.9. The third-order valence-corrected chi connectivity index (χ3v) is 2.30. The van der Waals surface area contributed by atoms with E-state index in [-0.39, 0.29) is 22.5 Å². The minimum atomic E-state index is -0.498. The summed E-state index contributed by atoms with van der Waals surface area (Å²) < 4.78 is 27.2. The zero-order chi connectivity index (χ0) is 9.84. The molecule has 2 N–H and O–H groups in total. The van der Waals surface area contributed by atoms with Gasteiger partial charge in [0.1, 0.15) is 5.82 Å². The van der Waals surface area contributed by atoms with Crippen molar-refractivity contribution in [3.63, 3.8) is 0 Å². The summed E-state index contributed by atoms with van der Waals surface area (Å²) in [6.45, 7) is 0. The summed E-state index contributed by atoms with van der Waals surface area (Å²) in [5.41, 5.74) is 0.654. The Balaban J connectivity index is 3.16. The number of anilines is 1. The Morgan fingerprint density at radius 3 is 2.77 bits per heavy atom. The zero-order valence-electron chi connectivity index (χ0n) is 6.27. The molecular weight excluding hydrogens is 262 g/mol. The van der Waals surface area contributed by atoms with E-state index < -0.39 is 5.82 Å². The van der Waals surface area contributed by atoms with E-state index >= 15 is 0 Å². The Hall–Kier alpha value is -0.620. The van der Waals surface area contributed by atoms with E-state index in [1.165, 1.54) is 6.07 Å². The molecule has 1 aromatic rings. The molecule has 0 aliphatic rings. The SMILES string of the molecule is N=Cc1cc(Br)c(F)cc1NSF. The lowest BCUT2D eigenvalue weighted by atomic mass is 10.2. The molecule has 0 atom stereocenters. The van der Waals surface area contributed by atoms with Gasteiger partial charge in [0.2, 0.25) is 0 Å². The van der Waals surface area contributed by atoms with Gasteiger partial charge in [0.05, 0.1) is 10.2 Å². The maximum Gasteiger partial charge on any atom is 0.162 e. The molecule has 1 rings (SSSR count). The van der Waals surface area contributed by atoms with Gasteiger partial charge in [0.15, 0.2) is 12.3 Å². The number of benzene rings is 1. The lowest BCUT2D eigenvalue weighted by Crippen LogP contribution is -1.93. The molecule has 0 amide bonds. The minimum Gasteiger partial charge on any atom is -0.308 e. The molecule has 0 radical (unpaired) electrons. The summed E-state index contributed by atoms with van der Waals surface area (Å²) >= 11 is 2.83. The van der Waals surface area contributed by atoms with Crippen molar-refractivity contribution in [2.24, 2.45) is 0 Å². The predicted molar refractivity (Wildman–Crippen MR) is 54.3 cm³/mol. The number of rotatable bonds is 3. The van der Waals surface area contributed by atoms with Gasteiger partial charge in [-0.15, -0.1) is 3.89 Å². The number of hydrogen-bond donors (Lipinski definition) is 2. The van der Waals surface area contributed by atoms with Gasteiger partial charge in [-0.1, -0.05) is 0 Å². The minimum absolute atomic E-state index is 0.136. The van der Waals surface area contributed by atoms with Crippen molar-refractivity contribution in [1.29, 1.82) is 5.41 Å². The summed E-state index contributed by atoms with van der Waals surface area (Å²) in [5.74, 6) is -0.498. The Kier molecular flexibility index (Phi) is 3.68. The molecule has 0 aliphatic carbocycles. The Morgan fingerprint density at radius 2 is 2.23 bits per heavy atom. The van der Waals surface area contributed by atoms with Crippen LogP contribution in [0, 0.1) is 11.2 Å². The van der Waals surface area contributed by atoms with Crippen LogP contribution in [0.5, 0.6) is 0 Å². The van der Waals surface area contributed by atoms with Crippen LogP contribution < -0.4 is 4.72 Å². The Morgan fingerprint density at radius 1 is 1.54 bits per heavy atom. The fourth-order valence-electron chi connectivity index (χ4n) is 0.812. The number of hydrogen-bond acceptors (Lipinski definition) is 3. The van der Waals surface area contributed by atoms with E-state index in [0.29, 0.717) is 5.56 Å². The van der Waals surface area contributed by atoms with Crippen LogP contribution in [0.1, 0.15) is 5.56 Å². The summed E-state index contributed by atoms with van der Waals surface area (Å²) in [6.07, 6.45) is 1.02. The second-order valence-electron chi connectivity index (χ2n) is 2.18. The van der Waals surface area contributed by atoms with E-state index in [1.807, 2.05) is 0 Å². The van der Waals surface area contributed by atoms with Gasteiger partial charge < -0.3 is 10.1 Å². The van der Waals surface area contributed by atoms with Crippen LogP contribution in [-0.2, 0) is 0 Å². The van der Waals surface area contributed by atoms with Crippen molar-refractivity contribution in [3.8, 4) is 0 Å². The predicted octanol–water partition coefficient (Wildman–Crippen LogP) is 3.53. The molecule has 0 saturated carbocycles. The average Bonchev–Trinajstić information content (AvgIpc) is 2.11. The van der Waals surface area contributed by atoms with E-state index in [1.54, 1.807) is 0 Å². The average molecular weight is 267 g/mol. The highest BCUT2D eigenvalue weighted by Gasteiger charge is 2.06. The molecule has 0 bridgehead atoms. The van der Waals surface area contributed by atoms with Crippen LogP contribution in [0.15, 0.2) is 16.6 Å². The monoisotopic (exact) mass is 266 g/mol. The molecule has 0 fully saturated rings. The first-order valence-electron chi connectivity index (χ1n) is 3.22. The van der Waals surface area contributed by atoms with E-state index in [9.17, 15) is 8.28 Å². The first-order chi connectivity index (χ1) is 6.19. The van der Waals surface area contributed by atoms with Crippen molar-refractivity contribution in [2.45, 2.75) is 0 Å². The largest absolute Gasteiger partial charge is 0.308 e. The van der Waals surface area contributed by atoms with Crippen LogP contribution in [0.3, 0.4) is 0 Å². The third-order valence-electron chi connectivity index (χ3n) is 1.40. The van der Waals surface area contributed by atoms with Gasteiger partial charge in [-0.2, -0.15) is 0 Å². The molecule has 0 unspecified atom stereocenters. The number of halogens is 3. The van der Waals surface area contributed by atoms with Crippen LogP contribution in [0.4, 0.5) is 14.0 Å². The normalized spacial score (nSPS) is 9.77. The topological polar surface area (TPSA) is 35.9 Å². The Labute approximate surface area is 86.8 Å². The zero-order valence-corrected chi connectivity index (χ0v) is 8.68. The van der Waals surface area contributed by atoms with Gasteiger partial charge in [0.25, 0.3) is 0 Å². The molecule has 0 spiro atoms. The van der Waals surface area contributed by atoms with Crippen LogP contribution in [0.2, 0.25) is 0 Å². The fraction of sp³-hybridized carbons (Fsp3) is 0. The summed E-state index contributed by atoms with van der Waals surface area (Å²) in [5, 5.41) is 6.99. The first-order valence-corrected chi connectivity index (χ1v) is 4.73. The molecule has 70 valence electrons. The maximum absolute atomic E-state index is 12.9. The van der Waals surface area contributed by atoms with Gasteiger partial charge in [0, 0.05) is 11.8 Å². The summed E-state index contributed by atoms with van der Waals surface area (Å²) in [4.78, 5) is 0. The highest BCUT2D eigenvalue weighted by molar-refractivity contribution is 9.10. The van der Waals surface area contributed by atoms with Crippen LogP contribution in [-0.4, -0.2) is 6.21 Å². The van der Waals surface area contributed by atoms with Gasteiger partial charge >= 0.3 is 0 Å². The standard InChI is InChI=1S/C7H5BrF2N2S/c8-5-1-4(3-11)7(12-13-10)2-6(5)9/h1-3,11-12H. The van der Waals surface area contributed by atoms with Crippen LogP contribution in [0.25, 0.3) is 0 Å². The molecule has 13 heavy (non-hydrogen) atoms. The first kappa shape index (κ1) is 10.5. The number of nitrogens with one attached hydrogen (secondary N) is 2. The summed E-state index contributed by atoms with van der Waals surface area (Å²) in [6, 6.07) is 2.53. The Bertz CT molecular complexity index is 333. The molecule has 0 aliphatic heterocycles. The van der Waals surface area contributed by atoms with E-state index in [0.717, 1.165) is 12.3 Å². The quantitative estimate of drug-likeness (QED) is 0.649. The van der Waals surface area contributed by atoms with Crippen molar-refractivity contribution in [1.82, 2.24) is 0 Å².